The highest BCUT2D eigenvalue weighted by atomic mass is 16.5. The molecular formula is C12H22O5. The van der Waals surface area contributed by atoms with Crippen molar-refractivity contribution < 1.29 is 24.5 Å². The fraction of sp³-hybridized carbons (Fsp3) is 0.833. The highest BCUT2D eigenvalue weighted by molar-refractivity contribution is 5.67. The fourth-order valence-corrected chi connectivity index (χ4v) is 1.67. The molecule has 5 nitrogen and oxygen atoms in total. The van der Waals surface area contributed by atoms with Gasteiger partial charge in [0.05, 0.1) is 11.2 Å². The molecule has 17 heavy (non-hydrogen) atoms. The molecule has 0 saturated carbocycles. The highest BCUT2D eigenvalue weighted by Crippen LogP contribution is 2.27. The standard InChI is InChI=1S/C12H22O5/c1-11(2,7-5-9(13)14)17-12(3,4)8-6-10(15)16/h5-8H2,1-4H3,(H,13,14)(H,15,16). The number of carboxylic acids is 2. The lowest BCUT2D eigenvalue weighted by Gasteiger charge is -2.36. The van der Waals surface area contributed by atoms with Crippen molar-refractivity contribution in [2.45, 2.75) is 64.6 Å². The van der Waals surface area contributed by atoms with Crippen molar-refractivity contribution in [3.05, 3.63) is 0 Å². The second-order valence-electron chi connectivity index (χ2n) is 5.41. The van der Waals surface area contributed by atoms with Gasteiger partial charge in [-0.1, -0.05) is 0 Å². The number of rotatable bonds is 8. The van der Waals surface area contributed by atoms with E-state index in [1.807, 2.05) is 27.7 Å². The Morgan fingerprint density at radius 3 is 1.41 bits per heavy atom. The second kappa shape index (κ2) is 6.00. The van der Waals surface area contributed by atoms with E-state index in [2.05, 4.69) is 0 Å². The molecule has 5 heteroatoms. The monoisotopic (exact) mass is 246 g/mol. The van der Waals surface area contributed by atoms with Gasteiger partial charge in [0, 0.05) is 12.8 Å². The average Bonchev–Trinajstić information content (AvgIpc) is 2.10. The van der Waals surface area contributed by atoms with Crippen LogP contribution in [0.3, 0.4) is 0 Å². The maximum absolute atomic E-state index is 10.5. The molecule has 0 radical (unpaired) electrons. The van der Waals surface area contributed by atoms with E-state index in [1.165, 1.54) is 0 Å². The molecule has 0 aromatic carbocycles. The van der Waals surface area contributed by atoms with Gasteiger partial charge in [0.15, 0.2) is 0 Å². The fourth-order valence-electron chi connectivity index (χ4n) is 1.67. The van der Waals surface area contributed by atoms with Gasteiger partial charge in [-0.25, -0.2) is 0 Å². The van der Waals surface area contributed by atoms with E-state index in [0.29, 0.717) is 12.8 Å². The molecule has 0 saturated heterocycles. The zero-order valence-electron chi connectivity index (χ0n) is 10.9. The smallest absolute Gasteiger partial charge is 0.303 e. The van der Waals surface area contributed by atoms with Crippen LogP contribution in [-0.2, 0) is 14.3 Å². The lowest BCUT2D eigenvalue weighted by molar-refractivity contribution is -0.150. The van der Waals surface area contributed by atoms with Crippen molar-refractivity contribution in [2.75, 3.05) is 0 Å². The van der Waals surface area contributed by atoms with Crippen LogP contribution < -0.4 is 0 Å². The van der Waals surface area contributed by atoms with Crippen molar-refractivity contribution in [2.24, 2.45) is 0 Å². The van der Waals surface area contributed by atoms with Gasteiger partial charge in [-0.3, -0.25) is 9.59 Å². The quantitative estimate of drug-likeness (QED) is 0.686. The molecule has 0 spiro atoms. The third-order valence-electron chi connectivity index (χ3n) is 2.43. The van der Waals surface area contributed by atoms with E-state index in [9.17, 15) is 9.59 Å². The van der Waals surface area contributed by atoms with Crippen molar-refractivity contribution in [1.29, 1.82) is 0 Å². The molecule has 0 bridgehead atoms. The van der Waals surface area contributed by atoms with Crippen molar-refractivity contribution >= 4 is 11.9 Å². The zero-order valence-corrected chi connectivity index (χ0v) is 10.9. The predicted molar refractivity (Wildman–Crippen MR) is 63.0 cm³/mol. The van der Waals surface area contributed by atoms with Crippen molar-refractivity contribution in [3.63, 3.8) is 0 Å². The lowest BCUT2D eigenvalue weighted by Crippen LogP contribution is -2.37. The molecule has 0 aliphatic carbocycles. The van der Waals surface area contributed by atoms with Crippen LogP contribution in [0, 0.1) is 0 Å². The molecule has 0 heterocycles. The van der Waals surface area contributed by atoms with Gasteiger partial charge in [-0.15, -0.1) is 0 Å². The van der Waals surface area contributed by atoms with Crippen LogP contribution in [-0.4, -0.2) is 33.4 Å². The topological polar surface area (TPSA) is 83.8 Å². The Hall–Kier alpha value is -1.10. The number of carbonyl (C=O) groups is 2. The Kier molecular flexibility index (Phi) is 5.61. The minimum Gasteiger partial charge on any atom is -0.481 e. The summed E-state index contributed by atoms with van der Waals surface area (Å²) in [6.45, 7) is 7.27. The highest BCUT2D eigenvalue weighted by Gasteiger charge is 2.29. The maximum Gasteiger partial charge on any atom is 0.303 e. The summed E-state index contributed by atoms with van der Waals surface area (Å²) in [6.07, 6.45) is 0.891. The molecule has 0 aliphatic rings. The molecule has 0 unspecified atom stereocenters. The van der Waals surface area contributed by atoms with Crippen LogP contribution in [0.15, 0.2) is 0 Å². The summed E-state index contributed by atoms with van der Waals surface area (Å²) in [5, 5.41) is 17.2. The van der Waals surface area contributed by atoms with Crippen LogP contribution in [0.25, 0.3) is 0 Å². The minimum absolute atomic E-state index is 0.0437. The normalized spacial score (nSPS) is 12.5. The Bertz CT molecular complexity index is 253. The van der Waals surface area contributed by atoms with Crippen LogP contribution in [0.5, 0.6) is 0 Å². The maximum atomic E-state index is 10.5. The molecule has 0 fully saturated rings. The van der Waals surface area contributed by atoms with Gasteiger partial charge in [0.1, 0.15) is 0 Å². The van der Waals surface area contributed by atoms with Crippen LogP contribution in [0.4, 0.5) is 0 Å². The number of carboxylic acid groups (broad SMARTS) is 2. The Morgan fingerprint density at radius 2 is 1.18 bits per heavy atom. The minimum atomic E-state index is -0.856. The van der Waals surface area contributed by atoms with Crippen molar-refractivity contribution in [1.82, 2.24) is 0 Å². The first-order valence-corrected chi connectivity index (χ1v) is 5.68. The molecule has 100 valence electrons. The third-order valence-corrected chi connectivity index (χ3v) is 2.43. The van der Waals surface area contributed by atoms with Crippen molar-refractivity contribution in [3.8, 4) is 0 Å². The summed E-state index contributed by atoms with van der Waals surface area (Å²) in [5.41, 5.74) is -1.14. The molecule has 0 rings (SSSR count). The number of hydrogen-bond acceptors (Lipinski definition) is 3. The average molecular weight is 246 g/mol. The second-order valence-corrected chi connectivity index (χ2v) is 5.41. The first kappa shape index (κ1) is 15.9. The molecule has 0 atom stereocenters. The van der Waals surface area contributed by atoms with E-state index in [0.717, 1.165) is 0 Å². The summed E-state index contributed by atoms with van der Waals surface area (Å²) in [7, 11) is 0. The summed E-state index contributed by atoms with van der Waals surface area (Å²) >= 11 is 0. The van der Waals surface area contributed by atoms with Gasteiger partial charge >= 0.3 is 11.9 Å². The SMILES string of the molecule is CC(C)(CCC(=O)O)OC(C)(C)CCC(=O)O. The molecule has 0 amide bonds. The summed E-state index contributed by atoms with van der Waals surface area (Å²) < 4.78 is 5.80. The Morgan fingerprint density at radius 1 is 0.882 bits per heavy atom. The molecule has 0 aromatic rings. The lowest BCUT2D eigenvalue weighted by atomic mass is 9.97. The number of hydrogen-bond donors (Lipinski definition) is 2. The Balaban J connectivity index is 4.26. The van der Waals surface area contributed by atoms with E-state index >= 15 is 0 Å². The summed E-state index contributed by atoms with van der Waals surface area (Å²) in [4.78, 5) is 21.0. The van der Waals surface area contributed by atoms with Gasteiger partial charge in [-0.05, 0) is 40.5 Å². The summed E-state index contributed by atoms with van der Waals surface area (Å²) in [6, 6.07) is 0. The first-order valence-electron chi connectivity index (χ1n) is 5.68. The zero-order chi connectivity index (χ0) is 13.7. The van der Waals surface area contributed by atoms with Crippen LogP contribution in [0.1, 0.15) is 53.4 Å². The summed E-state index contributed by atoms with van der Waals surface area (Å²) in [5.74, 6) is -1.71. The molecular weight excluding hydrogens is 224 g/mol. The molecule has 0 aromatic heterocycles. The first-order chi connectivity index (χ1) is 7.54. The van der Waals surface area contributed by atoms with E-state index in [-0.39, 0.29) is 12.8 Å². The number of aliphatic carboxylic acids is 2. The van der Waals surface area contributed by atoms with Gasteiger partial charge in [0.25, 0.3) is 0 Å². The third kappa shape index (κ3) is 8.68. The molecule has 0 aliphatic heterocycles. The van der Waals surface area contributed by atoms with Crippen LogP contribution in [0.2, 0.25) is 0 Å². The van der Waals surface area contributed by atoms with Gasteiger partial charge in [-0.2, -0.15) is 0 Å². The van der Waals surface area contributed by atoms with Gasteiger partial charge in [0.2, 0.25) is 0 Å². The largest absolute Gasteiger partial charge is 0.481 e. The Labute approximate surface area is 102 Å². The van der Waals surface area contributed by atoms with E-state index in [4.69, 9.17) is 14.9 Å². The van der Waals surface area contributed by atoms with E-state index in [1.54, 1.807) is 0 Å². The van der Waals surface area contributed by atoms with Gasteiger partial charge < -0.3 is 14.9 Å². The molecule has 2 N–H and O–H groups in total. The number of ether oxygens (including phenoxy) is 1. The van der Waals surface area contributed by atoms with Crippen LogP contribution >= 0.6 is 0 Å². The predicted octanol–water partition coefficient (Wildman–Crippen LogP) is 2.29. The van der Waals surface area contributed by atoms with E-state index < -0.39 is 23.1 Å².